The molecule has 0 aromatic rings. The summed E-state index contributed by atoms with van der Waals surface area (Å²) in [5, 5.41) is 0. The molecular formula is C12H22N2O2S. The Labute approximate surface area is 108 Å². The van der Waals surface area contributed by atoms with E-state index in [1.165, 1.54) is 0 Å². The highest BCUT2D eigenvalue weighted by Crippen LogP contribution is 2.31. The van der Waals surface area contributed by atoms with Gasteiger partial charge in [-0.05, 0) is 19.3 Å². The van der Waals surface area contributed by atoms with Crippen LogP contribution in [0.5, 0.6) is 0 Å². The average molecular weight is 258 g/mol. The van der Waals surface area contributed by atoms with E-state index in [0.29, 0.717) is 11.6 Å². The van der Waals surface area contributed by atoms with E-state index >= 15 is 0 Å². The van der Waals surface area contributed by atoms with Gasteiger partial charge >= 0.3 is 0 Å². The zero-order valence-corrected chi connectivity index (χ0v) is 11.5. The lowest BCUT2D eigenvalue weighted by atomic mass is 9.80. The van der Waals surface area contributed by atoms with E-state index in [0.717, 1.165) is 32.4 Å². The summed E-state index contributed by atoms with van der Waals surface area (Å²) in [6.45, 7) is 6.38. The second-order valence-corrected chi connectivity index (χ2v) is 5.30. The molecule has 1 aliphatic heterocycles. The highest BCUT2D eigenvalue weighted by atomic mass is 32.1. The molecule has 0 bridgehead atoms. The molecule has 0 aromatic carbocycles. The predicted octanol–water partition coefficient (Wildman–Crippen LogP) is 1.33. The zero-order valence-electron chi connectivity index (χ0n) is 10.7. The molecule has 0 atom stereocenters. The first kappa shape index (κ1) is 14.4. The number of likely N-dealkylation sites (tertiary alicyclic amines) is 1. The first-order valence-corrected chi connectivity index (χ1v) is 6.56. The van der Waals surface area contributed by atoms with Gasteiger partial charge in [0, 0.05) is 25.1 Å². The van der Waals surface area contributed by atoms with Gasteiger partial charge in [0.1, 0.15) is 6.61 Å². The maximum absolute atomic E-state index is 11.8. The van der Waals surface area contributed by atoms with E-state index in [1.54, 1.807) is 0 Å². The molecule has 0 spiro atoms. The number of hydrogen-bond acceptors (Lipinski definition) is 3. The Morgan fingerprint density at radius 1 is 1.47 bits per heavy atom. The minimum Gasteiger partial charge on any atom is -0.393 e. The molecule has 0 saturated carbocycles. The normalized spacial score (nSPS) is 19.1. The number of ether oxygens (including phenoxy) is 1. The molecule has 0 aliphatic carbocycles. The molecule has 1 heterocycles. The van der Waals surface area contributed by atoms with Crippen molar-refractivity contribution in [2.75, 3.05) is 26.3 Å². The topological polar surface area (TPSA) is 55.6 Å². The fourth-order valence-corrected chi connectivity index (χ4v) is 2.10. The zero-order chi connectivity index (χ0) is 12.9. The predicted molar refractivity (Wildman–Crippen MR) is 71.8 cm³/mol. The molecule has 17 heavy (non-hydrogen) atoms. The van der Waals surface area contributed by atoms with Crippen LogP contribution in [0.15, 0.2) is 0 Å². The van der Waals surface area contributed by atoms with Gasteiger partial charge in [-0.2, -0.15) is 0 Å². The number of carbonyl (C=O) groups excluding carboxylic acids is 1. The number of carbonyl (C=O) groups is 1. The van der Waals surface area contributed by atoms with E-state index in [2.05, 4.69) is 6.92 Å². The molecule has 5 heteroatoms. The summed E-state index contributed by atoms with van der Waals surface area (Å²) in [5.74, 6) is 0.0726. The van der Waals surface area contributed by atoms with Crippen LogP contribution in [0.3, 0.4) is 0 Å². The average Bonchev–Trinajstić information content (AvgIpc) is 2.30. The van der Waals surface area contributed by atoms with Crippen molar-refractivity contribution in [2.45, 2.75) is 33.1 Å². The summed E-state index contributed by atoms with van der Waals surface area (Å²) in [6.07, 6.45) is 2.64. The fraction of sp³-hybridized carbons (Fsp3) is 0.833. The SMILES string of the molecule is CCCOCC(=O)N1CCC(C)(C(N)=S)CC1. The highest BCUT2D eigenvalue weighted by Gasteiger charge is 2.33. The third kappa shape index (κ3) is 3.92. The second kappa shape index (κ2) is 6.31. The maximum atomic E-state index is 11.8. The van der Waals surface area contributed by atoms with Gasteiger partial charge in [-0.25, -0.2) is 0 Å². The van der Waals surface area contributed by atoms with Crippen LogP contribution in [0.4, 0.5) is 0 Å². The first-order chi connectivity index (χ1) is 7.99. The summed E-state index contributed by atoms with van der Waals surface area (Å²) in [7, 11) is 0. The van der Waals surface area contributed by atoms with Gasteiger partial charge in [0.15, 0.2) is 0 Å². The van der Waals surface area contributed by atoms with Gasteiger partial charge in [0.05, 0.1) is 4.99 Å². The first-order valence-electron chi connectivity index (χ1n) is 6.15. The van der Waals surface area contributed by atoms with E-state index in [4.69, 9.17) is 22.7 Å². The quantitative estimate of drug-likeness (QED) is 0.597. The monoisotopic (exact) mass is 258 g/mol. The summed E-state index contributed by atoms with van der Waals surface area (Å²) < 4.78 is 5.26. The van der Waals surface area contributed by atoms with Crippen LogP contribution in [0.2, 0.25) is 0 Å². The molecule has 98 valence electrons. The molecule has 1 amide bonds. The Morgan fingerprint density at radius 2 is 2.06 bits per heavy atom. The van der Waals surface area contributed by atoms with Crippen LogP contribution >= 0.6 is 12.2 Å². The molecule has 4 nitrogen and oxygen atoms in total. The van der Waals surface area contributed by atoms with E-state index < -0.39 is 0 Å². The molecule has 2 N–H and O–H groups in total. The van der Waals surface area contributed by atoms with E-state index in [1.807, 2.05) is 11.8 Å². The molecule has 1 aliphatic rings. The van der Waals surface area contributed by atoms with Crippen LogP contribution < -0.4 is 5.73 Å². The van der Waals surface area contributed by atoms with Crippen LogP contribution in [0.25, 0.3) is 0 Å². The van der Waals surface area contributed by atoms with Gasteiger partial charge in [-0.1, -0.05) is 26.1 Å². The van der Waals surface area contributed by atoms with E-state index in [9.17, 15) is 4.79 Å². The van der Waals surface area contributed by atoms with Crippen molar-refractivity contribution in [3.05, 3.63) is 0 Å². The van der Waals surface area contributed by atoms with Crippen molar-refractivity contribution in [3.63, 3.8) is 0 Å². The van der Waals surface area contributed by atoms with E-state index in [-0.39, 0.29) is 17.9 Å². The lowest BCUT2D eigenvalue weighted by Gasteiger charge is -2.38. The van der Waals surface area contributed by atoms with Gasteiger partial charge in [-0.15, -0.1) is 0 Å². The Bertz CT molecular complexity index is 286. The number of amides is 1. The second-order valence-electron chi connectivity index (χ2n) is 4.86. The number of rotatable bonds is 5. The van der Waals surface area contributed by atoms with Gasteiger partial charge in [0.25, 0.3) is 0 Å². The van der Waals surface area contributed by atoms with Crippen molar-refractivity contribution in [1.82, 2.24) is 4.90 Å². The molecule has 0 unspecified atom stereocenters. The number of thiocarbonyl (C=S) groups is 1. The molecule has 0 aromatic heterocycles. The van der Waals surface area contributed by atoms with Gasteiger partial charge < -0.3 is 15.4 Å². The van der Waals surface area contributed by atoms with Gasteiger partial charge in [0.2, 0.25) is 5.91 Å². The standard InChI is InChI=1S/C12H22N2O2S/c1-3-8-16-9-10(15)14-6-4-12(2,5-7-14)11(13)17/h3-9H2,1-2H3,(H2,13,17). The lowest BCUT2D eigenvalue weighted by molar-refractivity contribution is -0.137. The van der Waals surface area contributed by atoms with Crippen LogP contribution in [-0.4, -0.2) is 42.1 Å². The Kier molecular flexibility index (Phi) is 5.33. The van der Waals surface area contributed by atoms with Crippen molar-refractivity contribution >= 4 is 23.1 Å². The molecule has 1 saturated heterocycles. The Hall–Kier alpha value is -0.680. The van der Waals surface area contributed by atoms with Gasteiger partial charge in [-0.3, -0.25) is 4.79 Å². The summed E-state index contributed by atoms with van der Waals surface area (Å²) >= 11 is 5.07. The number of hydrogen-bond donors (Lipinski definition) is 1. The molecule has 1 fully saturated rings. The third-order valence-corrected chi connectivity index (χ3v) is 3.88. The summed E-state index contributed by atoms with van der Waals surface area (Å²) in [6, 6.07) is 0. The van der Waals surface area contributed by atoms with Crippen molar-refractivity contribution < 1.29 is 9.53 Å². The fourth-order valence-electron chi connectivity index (χ4n) is 1.89. The van der Waals surface area contributed by atoms with Crippen molar-refractivity contribution in [1.29, 1.82) is 0 Å². The summed E-state index contributed by atoms with van der Waals surface area (Å²) in [4.78, 5) is 14.2. The maximum Gasteiger partial charge on any atom is 0.248 e. The number of nitrogens with zero attached hydrogens (tertiary/aromatic N) is 1. The highest BCUT2D eigenvalue weighted by molar-refractivity contribution is 7.80. The van der Waals surface area contributed by atoms with Crippen LogP contribution in [0.1, 0.15) is 33.1 Å². The Morgan fingerprint density at radius 3 is 2.53 bits per heavy atom. The van der Waals surface area contributed by atoms with Crippen molar-refractivity contribution in [3.8, 4) is 0 Å². The van der Waals surface area contributed by atoms with Crippen molar-refractivity contribution in [2.24, 2.45) is 11.1 Å². The lowest BCUT2D eigenvalue weighted by Crippen LogP contribution is -2.47. The third-order valence-electron chi connectivity index (χ3n) is 3.39. The molecule has 0 radical (unpaired) electrons. The minimum atomic E-state index is -0.0869. The molecular weight excluding hydrogens is 236 g/mol. The van der Waals surface area contributed by atoms with Crippen LogP contribution in [0, 0.1) is 5.41 Å². The number of nitrogens with two attached hydrogens (primary N) is 1. The minimum absolute atomic E-state index is 0.0726. The summed E-state index contributed by atoms with van der Waals surface area (Å²) in [5.41, 5.74) is 5.64. The van der Waals surface area contributed by atoms with Crippen LogP contribution in [-0.2, 0) is 9.53 Å². The largest absolute Gasteiger partial charge is 0.393 e. The number of piperidine rings is 1. The smallest absolute Gasteiger partial charge is 0.248 e. The Balaban J connectivity index is 2.36. The molecule has 1 rings (SSSR count).